The second kappa shape index (κ2) is 8.49. The lowest BCUT2D eigenvalue weighted by atomic mass is 10.2. The molecule has 0 radical (unpaired) electrons. The lowest BCUT2D eigenvalue weighted by Gasteiger charge is -2.09. The number of amides is 1. The number of carboxylic acids is 1. The van der Waals surface area contributed by atoms with E-state index in [4.69, 9.17) is 9.84 Å². The molecule has 2 N–H and O–H groups in total. The lowest BCUT2D eigenvalue weighted by molar-refractivity contribution is -0.116. The highest BCUT2D eigenvalue weighted by atomic mass is 79.9. The molecule has 0 spiro atoms. The number of carbonyl (C=O) groups is 2. The molecule has 24 heavy (non-hydrogen) atoms. The summed E-state index contributed by atoms with van der Waals surface area (Å²) in [5.41, 5.74) is 1.75. The van der Waals surface area contributed by atoms with Gasteiger partial charge in [0.2, 0.25) is 5.91 Å². The van der Waals surface area contributed by atoms with Crippen molar-refractivity contribution >= 4 is 33.5 Å². The minimum absolute atomic E-state index is 0.139. The predicted molar refractivity (Wildman–Crippen MR) is 95.6 cm³/mol. The van der Waals surface area contributed by atoms with Crippen LogP contribution in [0.15, 0.2) is 46.9 Å². The van der Waals surface area contributed by atoms with E-state index >= 15 is 0 Å². The standard InChI is InChI=1S/C18H18BrNO4/c1-12-7-8-16(15(19)10-12)24-9-3-6-17(21)20-14-5-2-4-13(11-14)18(22)23/h2,4-5,7-8,10-11H,3,6,9H2,1H3,(H,20,21)(H,22,23). The zero-order chi connectivity index (χ0) is 17.5. The molecule has 0 aliphatic rings. The molecule has 2 rings (SSSR count). The van der Waals surface area contributed by atoms with E-state index in [1.165, 1.54) is 12.1 Å². The molecule has 0 aliphatic carbocycles. The van der Waals surface area contributed by atoms with E-state index in [1.54, 1.807) is 12.1 Å². The third kappa shape index (κ3) is 5.38. The average Bonchev–Trinajstić information content (AvgIpc) is 2.53. The highest BCUT2D eigenvalue weighted by Crippen LogP contribution is 2.25. The largest absolute Gasteiger partial charge is 0.492 e. The van der Waals surface area contributed by atoms with Crippen molar-refractivity contribution in [2.45, 2.75) is 19.8 Å². The second-order valence-corrected chi connectivity index (χ2v) is 6.17. The molecule has 0 saturated carbocycles. The Morgan fingerprint density at radius 2 is 2.00 bits per heavy atom. The number of benzene rings is 2. The first kappa shape index (κ1) is 18.0. The Labute approximate surface area is 148 Å². The van der Waals surface area contributed by atoms with Crippen LogP contribution in [0.25, 0.3) is 0 Å². The van der Waals surface area contributed by atoms with Crippen molar-refractivity contribution in [1.29, 1.82) is 0 Å². The van der Waals surface area contributed by atoms with Crippen molar-refractivity contribution in [3.8, 4) is 5.75 Å². The summed E-state index contributed by atoms with van der Waals surface area (Å²) >= 11 is 3.44. The van der Waals surface area contributed by atoms with Gasteiger partial charge in [-0.05, 0) is 65.2 Å². The van der Waals surface area contributed by atoms with Crippen molar-refractivity contribution in [2.24, 2.45) is 0 Å². The number of nitrogens with one attached hydrogen (secondary N) is 1. The molecule has 6 heteroatoms. The zero-order valence-corrected chi connectivity index (χ0v) is 14.8. The predicted octanol–water partition coefficient (Wildman–Crippen LogP) is 4.25. The zero-order valence-electron chi connectivity index (χ0n) is 13.2. The van der Waals surface area contributed by atoms with Crippen molar-refractivity contribution < 1.29 is 19.4 Å². The van der Waals surface area contributed by atoms with Crippen LogP contribution < -0.4 is 10.1 Å². The molecule has 0 fully saturated rings. The molecule has 0 aromatic heterocycles. The van der Waals surface area contributed by atoms with Gasteiger partial charge in [-0.15, -0.1) is 0 Å². The van der Waals surface area contributed by atoms with Gasteiger partial charge in [-0.25, -0.2) is 4.79 Å². The summed E-state index contributed by atoms with van der Waals surface area (Å²) < 4.78 is 6.52. The second-order valence-electron chi connectivity index (χ2n) is 5.32. The van der Waals surface area contributed by atoms with Crippen molar-refractivity contribution in [2.75, 3.05) is 11.9 Å². The number of hydrogen-bond donors (Lipinski definition) is 2. The molecule has 2 aromatic carbocycles. The maximum absolute atomic E-state index is 11.9. The van der Waals surface area contributed by atoms with Gasteiger partial charge in [-0.2, -0.15) is 0 Å². The highest BCUT2D eigenvalue weighted by Gasteiger charge is 2.07. The molecule has 2 aromatic rings. The van der Waals surface area contributed by atoms with E-state index in [0.717, 1.165) is 15.8 Å². The molecule has 0 heterocycles. The molecule has 0 bridgehead atoms. The number of aryl methyl sites for hydroxylation is 1. The summed E-state index contributed by atoms with van der Waals surface area (Å²) in [6, 6.07) is 12.0. The first-order valence-corrected chi connectivity index (χ1v) is 8.27. The summed E-state index contributed by atoms with van der Waals surface area (Å²) in [7, 11) is 0. The molecular weight excluding hydrogens is 374 g/mol. The van der Waals surface area contributed by atoms with E-state index in [0.29, 0.717) is 25.1 Å². The Balaban J connectivity index is 1.77. The van der Waals surface area contributed by atoms with Crippen LogP contribution in [0.2, 0.25) is 0 Å². The van der Waals surface area contributed by atoms with E-state index in [2.05, 4.69) is 21.2 Å². The molecular formula is C18H18BrNO4. The smallest absolute Gasteiger partial charge is 0.335 e. The Morgan fingerprint density at radius 1 is 1.21 bits per heavy atom. The minimum Gasteiger partial charge on any atom is -0.492 e. The van der Waals surface area contributed by atoms with Crippen LogP contribution in [0.5, 0.6) is 5.75 Å². The monoisotopic (exact) mass is 391 g/mol. The maximum Gasteiger partial charge on any atom is 0.335 e. The molecule has 0 saturated heterocycles. The quantitative estimate of drug-likeness (QED) is 0.691. The number of carbonyl (C=O) groups excluding carboxylic acids is 1. The number of ether oxygens (including phenoxy) is 1. The first-order chi connectivity index (χ1) is 11.5. The maximum atomic E-state index is 11.9. The van der Waals surface area contributed by atoms with Gasteiger partial charge < -0.3 is 15.2 Å². The van der Waals surface area contributed by atoms with Crippen molar-refractivity contribution in [3.05, 3.63) is 58.1 Å². The molecule has 0 atom stereocenters. The van der Waals surface area contributed by atoms with Crippen LogP contribution in [0, 0.1) is 6.92 Å². The summed E-state index contributed by atoms with van der Waals surface area (Å²) in [5.74, 6) is -0.456. The number of hydrogen-bond acceptors (Lipinski definition) is 3. The van der Waals surface area contributed by atoms with Crippen LogP contribution in [0.4, 0.5) is 5.69 Å². The third-order valence-electron chi connectivity index (χ3n) is 3.29. The fraction of sp³-hybridized carbons (Fsp3) is 0.222. The van der Waals surface area contributed by atoms with Crippen LogP contribution in [0.1, 0.15) is 28.8 Å². The van der Waals surface area contributed by atoms with Gasteiger partial charge in [0.1, 0.15) is 5.75 Å². The summed E-state index contributed by atoms with van der Waals surface area (Å²) in [6.07, 6.45) is 0.853. The Bertz CT molecular complexity index is 746. The van der Waals surface area contributed by atoms with Crippen LogP contribution in [-0.4, -0.2) is 23.6 Å². The van der Waals surface area contributed by atoms with E-state index in [-0.39, 0.29) is 11.5 Å². The highest BCUT2D eigenvalue weighted by molar-refractivity contribution is 9.10. The Hall–Kier alpha value is -2.34. The summed E-state index contributed by atoms with van der Waals surface area (Å²) in [6.45, 7) is 2.42. The molecule has 5 nitrogen and oxygen atoms in total. The summed E-state index contributed by atoms with van der Waals surface area (Å²) in [4.78, 5) is 22.8. The molecule has 0 aliphatic heterocycles. The van der Waals surface area contributed by atoms with Crippen molar-refractivity contribution in [3.63, 3.8) is 0 Å². The SMILES string of the molecule is Cc1ccc(OCCCC(=O)Nc2cccc(C(=O)O)c2)c(Br)c1. The van der Waals surface area contributed by atoms with Gasteiger partial charge in [-0.3, -0.25) is 4.79 Å². The Kier molecular flexibility index (Phi) is 6.37. The van der Waals surface area contributed by atoms with E-state index < -0.39 is 5.97 Å². The molecule has 126 valence electrons. The minimum atomic E-state index is -1.02. The number of rotatable bonds is 7. The fourth-order valence-corrected chi connectivity index (χ4v) is 2.70. The number of aromatic carboxylic acids is 1. The number of anilines is 1. The van der Waals surface area contributed by atoms with Gasteiger partial charge in [0.05, 0.1) is 16.6 Å². The Morgan fingerprint density at radius 3 is 2.71 bits per heavy atom. The summed E-state index contributed by atoms with van der Waals surface area (Å²) in [5, 5.41) is 11.6. The number of halogens is 1. The van der Waals surface area contributed by atoms with Gasteiger partial charge in [0.15, 0.2) is 0 Å². The normalized spacial score (nSPS) is 10.2. The van der Waals surface area contributed by atoms with Crippen molar-refractivity contribution in [1.82, 2.24) is 0 Å². The van der Waals surface area contributed by atoms with Gasteiger partial charge >= 0.3 is 5.97 Å². The van der Waals surface area contributed by atoms with Gasteiger partial charge in [0, 0.05) is 12.1 Å². The fourth-order valence-electron chi connectivity index (χ4n) is 2.09. The average molecular weight is 392 g/mol. The van der Waals surface area contributed by atoms with Crippen LogP contribution >= 0.6 is 15.9 Å². The lowest BCUT2D eigenvalue weighted by Crippen LogP contribution is -2.13. The number of carboxylic acid groups (broad SMARTS) is 1. The van der Waals surface area contributed by atoms with Crippen LogP contribution in [0.3, 0.4) is 0 Å². The molecule has 0 unspecified atom stereocenters. The van der Waals surface area contributed by atoms with E-state index in [9.17, 15) is 9.59 Å². The van der Waals surface area contributed by atoms with E-state index in [1.807, 2.05) is 25.1 Å². The third-order valence-corrected chi connectivity index (χ3v) is 3.91. The van der Waals surface area contributed by atoms with Gasteiger partial charge in [-0.1, -0.05) is 12.1 Å². The van der Waals surface area contributed by atoms with Gasteiger partial charge in [0.25, 0.3) is 0 Å². The molecule has 1 amide bonds. The first-order valence-electron chi connectivity index (χ1n) is 7.48. The topological polar surface area (TPSA) is 75.6 Å². The van der Waals surface area contributed by atoms with Crippen LogP contribution in [-0.2, 0) is 4.79 Å².